The maximum atomic E-state index is 12.6. The summed E-state index contributed by atoms with van der Waals surface area (Å²) in [6.07, 6.45) is -1.06. The van der Waals surface area contributed by atoms with Crippen molar-refractivity contribution in [2.24, 2.45) is 0 Å². The van der Waals surface area contributed by atoms with Crippen molar-refractivity contribution in [1.29, 1.82) is 0 Å². The number of esters is 1. The third-order valence-corrected chi connectivity index (χ3v) is 4.83. The van der Waals surface area contributed by atoms with Gasteiger partial charge in [-0.1, -0.05) is 42.5 Å². The van der Waals surface area contributed by atoms with Crippen LogP contribution in [0.2, 0.25) is 0 Å². The Kier molecular flexibility index (Phi) is 7.81. The normalized spacial score (nSPS) is 11.2. The van der Waals surface area contributed by atoms with Crippen LogP contribution in [0, 0.1) is 0 Å². The number of nitrogens with one attached hydrogen (secondary N) is 1. The number of ketones is 1. The molecule has 0 aliphatic rings. The van der Waals surface area contributed by atoms with Gasteiger partial charge in [-0.25, -0.2) is 4.79 Å². The van der Waals surface area contributed by atoms with Gasteiger partial charge in [0, 0.05) is 11.3 Å². The van der Waals surface area contributed by atoms with Crippen LogP contribution >= 0.6 is 0 Å². The monoisotopic (exact) mass is 447 g/mol. The lowest BCUT2D eigenvalue weighted by Gasteiger charge is -2.15. The van der Waals surface area contributed by atoms with Gasteiger partial charge in [0.05, 0.1) is 12.7 Å². The number of hydrogen-bond donors (Lipinski definition) is 1. The molecule has 0 bridgehead atoms. The van der Waals surface area contributed by atoms with E-state index < -0.39 is 18.0 Å². The lowest BCUT2D eigenvalue weighted by Crippen LogP contribution is -2.30. The summed E-state index contributed by atoms with van der Waals surface area (Å²) in [5.74, 6) is -0.454. The van der Waals surface area contributed by atoms with Gasteiger partial charge in [-0.15, -0.1) is 0 Å². The van der Waals surface area contributed by atoms with Crippen LogP contribution in [0.1, 0.15) is 40.1 Å². The number of anilines is 1. The van der Waals surface area contributed by atoms with Crippen LogP contribution in [0.4, 0.5) is 5.69 Å². The summed E-state index contributed by atoms with van der Waals surface area (Å²) >= 11 is 0. The minimum absolute atomic E-state index is 0.115. The quantitative estimate of drug-likeness (QED) is 0.379. The zero-order chi connectivity index (χ0) is 23.8. The number of methoxy groups -OCH3 is 1. The molecule has 7 nitrogen and oxygen atoms in total. The molecule has 0 heterocycles. The van der Waals surface area contributed by atoms with Crippen molar-refractivity contribution in [2.75, 3.05) is 12.4 Å². The van der Waals surface area contributed by atoms with Gasteiger partial charge in [0.1, 0.15) is 6.61 Å². The predicted molar refractivity (Wildman–Crippen MR) is 124 cm³/mol. The molecule has 0 saturated heterocycles. The summed E-state index contributed by atoms with van der Waals surface area (Å²) in [6.45, 7) is 3.26. The molecule has 0 radical (unpaired) electrons. The lowest BCUT2D eigenvalue weighted by molar-refractivity contribution is -0.123. The van der Waals surface area contributed by atoms with Crippen molar-refractivity contribution >= 4 is 23.3 Å². The smallest absolute Gasteiger partial charge is 0.339 e. The first-order valence-electron chi connectivity index (χ1n) is 10.3. The molecule has 3 aromatic carbocycles. The minimum atomic E-state index is -1.06. The van der Waals surface area contributed by atoms with Crippen LogP contribution in [0.5, 0.6) is 11.5 Å². The zero-order valence-electron chi connectivity index (χ0n) is 18.7. The molecule has 3 rings (SSSR count). The number of carbonyl (C=O) groups excluding carboxylic acids is 3. The van der Waals surface area contributed by atoms with E-state index in [4.69, 9.17) is 14.2 Å². The van der Waals surface area contributed by atoms with Gasteiger partial charge in [0.15, 0.2) is 23.4 Å². The second-order valence-corrected chi connectivity index (χ2v) is 7.31. The summed E-state index contributed by atoms with van der Waals surface area (Å²) in [6, 6.07) is 20.9. The molecule has 3 aromatic rings. The van der Waals surface area contributed by atoms with Crippen molar-refractivity contribution in [2.45, 2.75) is 26.6 Å². The Morgan fingerprint density at radius 2 is 1.64 bits per heavy atom. The summed E-state index contributed by atoms with van der Waals surface area (Å²) in [7, 11) is 1.48. The predicted octanol–water partition coefficient (Wildman–Crippen LogP) is 4.66. The highest BCUT2D eigenvalue weighted by atomic mass is 16.5. The standard InChI is InChI=1S/C26H25NO6/c1-17(28)20-10-7-11-22(14-20)27-25(29)18(2)33-26(30)21-12-13-23(24(15-21)31-3)32-16-19-8-5-4-6-9-19/h4-15,18H,16H2,1-3H3,(H,27,29). The third kappa shape index (κ3) is 6.43. The average molecular weight is 447 g/mol. The minimum Gasteiger partial charge on any atom is -0.493 e. The molecule has 1 N–H and O–H groups in total. The highest BCUT2D eigenvalue weighted by Crippen LogP contribution is 2.29. The number of benzene rings is 3. The van der Waals surface area contributed by atoms with Crippen LogP contribution in [-0.2, 0) is 16.1 Å². The van der Waals surface area contributed by atoms with E-state index in [0.717, 1.165) is 5.56 Å². The Labute approximate surface area is 192 Å². The van der Waals surface area contributed by atoms with Crippen LogP contribution in [0.3, 0.4) is 0 Å². The van der Waals surface area contributed by atoms with E-state index in [1.807, 2.05) is 30.3 Å². The van der Waals surface area contributed by atoms with Crippen molar-refractivity contribution in [3.63, 3.8) is 0 Å². The third-order valence-electron chi connectivity index (χ3n) is 4.83. The molecule has 0 spiro atoms. The van der Waals surface area contributed by atoms with Crippen molar-refractivity contribution in [3.8, 4) is 11.5 Å². The fourth-order valence-corrected chi connectivity index (χ4v) is 2.99. The van der Waals surface area contributed by atoms with Crippen LogP contribution in [0.15, 0.2) is 72.8 Å². The molecular weight excluding hydrogens is 422 g/mol. The number of rotatable bonds is 9. The van der Waals surface area contributed by atoms with Gasteiger partial charge in [0.25, 0.3) is 5.91 Å². The molecular formula is C26H25NO6. The molecule has 170 valence electrons. The Morgan fingerprint density at radius 3 is 2.33 bits per heavy atom. The van der Waals surface area contributed by atoms with E-state index in [0.29, 0.717) is 29.4 Å². The van der Waals surface area contributed by atoms with Crippen LogP contribution < -0.4 is 14.8 Å². The summed E-state index contributed by atoms with van der Waals surface area (Å²) in [5.41, 5.74) is 2.13. The van der Waals surface area contributed by atoms with Gasteiger partial charge in [0.2, 0.25) is 0 Å². The Bertz CT molecular complexity index is 1140. The van der Waals surface area contributed by atoms with Gasteiger partial charge < -0.3 is 19.5 Å². The Balaban J connectivity index is 1.62. The first kappa shape index (κ1) is 23.5. The molecule has 0 fully saturated rings. The number of hydrogen-bond acceptors (Lipinski definition) is 6. The van der Waals surface area contributed by atoms with Gasteiger partial charge in [-0.05, 0) is 49.7 Å². The van der Waals surface area contributed by atoms with Crippen molar-refractivity contribution in [3.05, 3.63) is 89.5 Å². The van der Waals surface area contributed by atoms with E-state index >= 15 is 0 Å². The molecule has 1 amide bonds. The molecule has 0 aliphatic carbocycles. The number of ether oxygens (including phenoxy) is 3. The largest absolute Gasteiger partial charge is 0.493 e. The summed E-state index contributed by atoms with van der Waals surface area (Å²) in [5, 5.41) is 2.64. The van der Waals surface area contributed by atoms with E-state index in [2.05, 4.69) is 5.32 Å². The van der Waals surface area contributed by atoms with E-state index in [-0.39, 0.29) is 11.3 Å². The fourth-order valence-electron chi connectivity index (χ4n) is 2.99. The van der Waals surface area contributed by atoms with E-state index in [1.165, 1.54) is 27.0 Å². The van der Waals surface area contributed by atoms with Gasteiger partial charge >= 0.3 is 5.97 Å². The van der Waals surface area contributed by atoms with Crippen LogP contribution in [-0.4, -0.2) is 30.9 Å². The summed E-state index contributed by atoms with van der Waals surface area (Å²) < 4.78 is 16.4. The lowest BCUT2D eigenvalue weighted by atomic mass is 10.1. The molecule has 33 heavy (non-hydrogen) atoms. The molecule has 0 aromatic heterocycles. The molecule has 1 unspecified atom stereocenters. The van der Waals surface area contributed by atoms with Crippen molar-refractivity contribution in [1.82, 2.24) is 0 Å². The molecule has 0 saturated carbocycles. The maximum absolute atomic E-state index is 12.6. The Hall–Kier alpha value is -4.13. The van der Waals surface area contributed by atoms with Crippen LogP contribution in [0.25, 0.3) is 0 Å². The van der Waals surface area contributed by atoms with E-state index in [1.54, 1.807) is 36.4 Å². The SMILES string of the molecule is COc1cc(C(=O)OC(C)C(=O)Nc2cccc(C(C)=O)c2)ccc1OCc1ccccc1. The van der Waals surface area contributed by atoms with Gasteiger partial charge in [-0.3, -0.25) is 9.59 Å². The Morgan fingerprint density at radius 1 is 0.879 bits per heavy atom. The molecule has 7 heteroatoms. The second kappa shape index (κ2) is 10.9. The average Bonchev–Trinajstić information content (AvgIpc) is 2.83. The first-order valence-corrected chi connectivity index (χ1v) is 10.3. The maximum Gasteiger partial charge on any atom is 0.339 e. The fraction of sp³-hybridized carbons (Fsp3) is 0.192. The topological polar surface area (TPSA) is 90.9 Å². The molecule has 0 aliphatic heterocycles. The molecule has 1 atom stereocenters. The number of carbonyl (C=O) groups is 3. The summed E-state index contributed by atoms with van der Waals surface area (Å²) in [4.78, 5) is 36.5. The van der Waals surface area contributed by atoms with E-state index in [9.17, 15) is 14.4 Å². The zero-order valence-corrected chi connectivity index (χ0v) is 18.7. The highest BCUT2D eigenvalue weighted by Gasteiger charge is 2.20. The number of amides is 1. The first-order chi connectivity index (χ1) is 15.9. The van der Waals surface area contributed by atoms with Gasteiger partial charge in [-0.2, -0.15) is 0 Å². The number of Topliss-reactive ketones (excluding diaryl/α,β-unsaturated/α-hetero) is 1. The van der Waals surface area contributed by atoms with Crippen molar-refractivity contribution < 1.29 is 28.6 Å². The highest BCUT2D eigenvalue weighted by molar-refractivity contribution is 5.99. The second-order valence-electron chi connectivity index (χ2n) is 7.31.